The van der Waals surface area contributed by atoms with Gasteiger partial charge in [-0.1, -0.05) is 30.3 Å². The maximum Gasteiger partial charge on any atom is 0.191 e. The quantitative estimate of drug-likeness (QED) is 0.467. The first-order chi connectivity index (χ1) is 13.8. The lowest BCUT2D eigenvalue weighted by Crippen LogP contribution is -2.38. The molecule has 0 amide bonds. The summed E-state index contributed by atoms with van der Waals surface area (Å²) in [5.41, 5.74) is 3.40. The maximum atomic E-state index is 5.40. The Morgan fingerprint density at radius 2 is 1.89 bits per heavy atom. The molecule has 0 saturated heterocycles. The summed E-state index contributed by atoms with van der Waals surface area (Å²) < 4.78 is 7.25. The Morgan fingerprint density at radius 1 is 1.07 bits per heavy atom. The Hall–Kier alpha value is -3.28. The maximum absolute atomic E-state index is 5.40. The molecule has 0 bridgehead atoms. The molecule has 3 aromatic rings. The van der Waals surface area contributed by atoms with E-state index in [4.69, 9.17) is 4.74 Å². The van der Waals surface area contributed by atoms with Gasteiger partial charge in [0.15, 0.2) is 5.96 Å². The minimum atomic E-state index is 0.567. The van der Waals surface area contributed by atoms with Crippen molar-refractivity contribution in [1.29, 1.82) is 0 Å². The van der Waals surface area contributed by atoms with Crippen molar-refractivity contribution >= 4 is 5.96 Å². The molecule has 0 aliphatic carbocycles. The molecule has 1 heterocycles. The lowest BCUT2D eigenvalue weighted by Gasteiger charge is -2.12. The number of guanidine groups is 1. The smallest absolute Gasteiger partial charge is 0.191 e. The van der Waals surface area contributed by atoms with Gasteiger partial charge < -0.3 is 15.4 Å². The Labute approximate surface area is 166 Å². The lowest BCUT2D eigenvalue weighted by molar-refractivity contribution is 0.410. The van der Waals surface area contributed by atoms with E-state index in [0.29, 0.717) is 6.54 Å². The van der Waals surface area contributed by atoms with Crippen molar-refractivity contribution < 1.29 is 4.74 Å². The lowest BCUT2D eigenvalue weighted by atomic mass is 10.1. The Balaban J connectivity index is 1.54. The minimum absolute atomic E-state index is 0.567. The number of nitrogens with zero attached hydrogens (tertiary/aromatic N) is 3. The Morgan fingerprint density at radius 3 is 2.61 bits per heavy atom. The highest BCUT2D eigenvalue weighted by Crippen LogP contribution is 2.17. The highest BCUT2D eigenvalue weighted by atomic mass is 16.5. The Kier molecular flexibility index (Phi) is 7.07. The van der Waals surface area contributed by atoms with Gasteiger partial charge in [0.05, 0.1) is 19.3 Å². The monoisotopic (exact) mass is 377 g/mol. The predicted octanol–water partition coefficient (Wildman–Crippen LogP) is 3.18. The normalized spacial score (nSPS) is 11.3. The molecule has 6 heteroatoms. The minimum Gasteiger partial charge on any atom is -0.496 e. The molecule has 146 valence electrons. The van der Waals surface area contributed by atoms with E-state index < -0.39 is 0 Å². The molecule has 6 nitrogen and oxygen atoms in total. The van der Waals surface area contributed by atoms with Crippen molar-refractivity contribution in [2.45, 2.75) is 19.9 Å². The van der Waals surface area contributed by atoms with Crippen molar-refractivity contribution in [1.82, 2.24) is 20.4 Å². The third kappa shape index (κ3) is 5.36. The second-order valence-corrected chi connectivity index (χ2v) is 6.30. The van der Waals surface area contributed by atoms with Crippen LogP contribution in [-0.2, 0) is 13.0 Å². The van der Waals surface area contributed by atoms with E-state index in [0.717, 1.165) is 42.5 Å². The summed E-state index contributed by atoms with van der Waals surface area (Å²) in [6.07, 6.45) is 4.64. The van der Waals surface area contributed by atoms with Crippen LogP contribution in [0.25, 0.3) is 5.69 Å². The molecule has 0 aliphatic rings. The van der Waals surface area contributed by atoms with Crippen LogP contribution in [0.15, 0.2) is 72.0 Å². The van der Waals surface area contributed by atoms with E-state index in [-0.39, 0.29) is 0 Å². The summed E-state index contributed by atoms with van der Waals surface area (Å²) in [5, 5.41) is 10.9. The van der Waals surface area contributed by atoms with Gasteiger partial charge in [-0.15, -0.1) is 0 Å². The van der Waals surface area contributed by atoms with E-state index in [9.17, 15) is 0 Å². The first kappa shape index (κ1) is 19.5. The third-order valence-corrected chi connectivity index (χ3v) is 4.36. The van der Waals surface area contributed by atoms with Gasteiger partial charge in [0.2, 0.25) is 0 Å². The van der Waals surface area contributed by atoms with Gasteiger partial charge in [-0.3, -0.25) is 0 Å². The van der Waals surface area contributed by atoms with Crippen LogP contribution in [0.4, 0.5) is 0 Å². The van der Waals surface area contributed by atoms with Crippen molar-refractivity contribution in [3.63, 3.8) is 0 Å². The molecule has 3 rings (SSSR count). The number of hydrogen-bond donors (Lipinski definition) is 2. The van der Waals surface area contributed by atoms with Crippen LogP contribution in [-0.4, -0.2) is 35.9 Å². The molecule has 0 saturated carbocycles. The zero-order valence-corrected chi connectivity index (χ0v) is 16.4. The van der Waals surface area contributed by atoms with Crippen molar-refractivity contribution in [3.05, 3.63) is 78.1 Å². The van der Waals surface area contributed by atoms with Gasteiger partial charge in [0, 0.05) is 31.0 Å². The van der Waals surface area contributed by atoms with Crippen molar-refractivity contribution in [2.24, 2.45) is 4.99 Å². The standard InChI is InChI=1S/C22H27N5O/c1-3-23-22(25-17-19-7-4-5-8-21(19)28-2)24-15-13-18-9-11-20(12-10-18)27-16-6-14-26-27/h4-12,14,16H,3,13,15,17H2,1-2H3,(H2,23,24,25). The average Bonchev–Trinajstić information content (AvgIpc) is 3.27. The molecular weight excluding hydrogens is 350 g/mol. The van der Waals surface area contributed by atoms with Crippen molar-refractivity contribution in [3.8, 4) is 11.4 Å². The molecule has 28 heavy (non-hydrogen) atoms. The van der Waals surface area contributed by atoms with Gasteiger partial charge in [-0.2, -0.15) is 5.10 Å². The van der Waals surface area contributed by atoms with E-state index in [1.807, 2.05) is 41.2 Å². The van der Waals surface area contributed by atoms with Crippen LogP contribution >= 0.6 is 0 Å². The van der Waals surface area contributed by atoms with Crippen LogP contribution in [0.5, 0.6) is 5.75 Å². The fraction of sp³-hybridized carbons (Fsp3) is 0.273. The fourth-order valence-corrected chi connectivity index (χ4v) is 2.90. The molecule has 2 aromatic carbocycles. The second kappa shape index (κ2) is 10.2. The van der Waals surface area contributed by atoms with Gasteiger partial charge in [0.25, 0.3) is 0 Å². The molecule has 0 fully saturated rings. The summed E-state index contributed by atoms with van der Waals surface area (Å²) in [6, 6.07) is 18.3. The molecule has 0 atom stereocenters. The van der Waals surface area contributed by atoms with Crippen LogP contribution in [0.3, 0.4) is 0 Å². The summed E-state index contributed by atoms with van der Waals surface area (Å²) in [4.78, 5) is 4.67. The second-order valence-electron chi connectivity index (χ2n) is 6.30. The van der Waals surface area contributed by atoms with Gasteiger partial charge in [0.1, 0.15) is 5.75 Å². The number of rotatable bonds is 8. The van der Waals surface area contributed by atoms with Crippen LogP contribution in [0, 0.1) is 0 Å². The molecule has 2 N–H and O–H groups in total. The molecular formula is C22H27N5O. The summed E-state index contributed by atoms with van der Waals surface area (Å²) in [5.74, 6) is 1.67. The Bertz CT molecular complexity index is 872. The number of hydrogen-bond acceptors (Lipinski definition) is 3. The van der Waals surface area contributed by atoms with E-state index in [1.165, 1.54) is 5.56 Å². The van der Waals surface area contributed by atoms with Gasteiger partial charge in [-0.05, 0) is 43.2 Å². The largest absolute Gasteiger partial charge is 0.496 e. The third-order valence-electron chi connectivity index (χ3n) is 4.36. The first-order valence-electron chi connectivity index (χ1n) is 9.53. The van der Waals surface area contributed by atoms with E-state index in [1.54, 1.807) is 13.3 Å². The number of nitrogens with one attached hydrogen (secondary N) is 2. The molecule has 1 aromatic heterocycles. The molecule has 0 radical (unpaired) electrons. The number of benzene rings is 2. The SMILES string of the molecule is CCNC(=NCc1ccccc1OC)NCCc1ccc(-n2cccn2)cc1. The summed E-state index contributed by atoms with van der Waals surface area (Å²) in [7, 11) is 1.68. The average molecular weight is 377 g/mol. The summed E-state index contributed by atoms with van der Waals surface area (Å²) in [6.45, 7) is 4.25. The number of aromatic nitrogens is 2. The zero-order chi connectivity index (χ0) is 19.6. The number of aliphatic imine (C=N–C) groups is 1. The highest BCUT2D eigenvalue weighted by molar-refractivity contribution is 5.79. The molecule has 0 unspecified atom stereocenters. The number of methoxy groups -OCH3 is 1. The van der Waals surface area contributed by atoms with Gasteiger partial charge >= 0.3 is 0 Å². The topological polar surface area (TPSA) is 63.5 Å². The van der Waals surface area contributed by atoms with Crippen LogP contribution in [0.1, 0.15) is 18.1 Å². The number of ether oxygens (including phenoxy) is 1. The van der Waals surface area contributed by atoms with Crippen LogP contribution in [0.2, 0.25) is 0 Å². The van der Waals surface area contributed by atoms with E-state index >= 15 is 0 Å². The molecule has 0 aliphatic heterocycles. The predicted molar refractivity (Wildman–Crippen MR) is 113 cm³/mol. The number of para-hydroxylation sites is 1. The molecule has 0 spiro atoms. The first-order valence-corrected chi connectivity index (χ1v) is 9.53. The zero-order valence-electron chi connectivity index (χ0n) is 16.4. The van der Waals surface area contributed by atoms with Crippen LogP contribution < -0.4 is 15.4 Å². The van der Waals surface area contributed by atoms with E-state index in [2.05, 4.69) is 51.9 Å². The highest BCUT2D eigenvalue weighted by Gasteiger charge is 2.03. The van der Waals surface area contributed by atoms with Crippen molar-refractivity contribution in [2.75, 3.05) is 20.2 Å². The fourth-order valence-electron chi connectivity index (χ4n) is 2.90. The van der Waals surface area contributed by atoms with Gasteiger partial charge in [-0.25, -0.2) is 9.67 Å². The summed E-state index contributed by atoms with van der Waals surface area (Å²) >= 11 is 0.